The fraction of sp³-hybridized carbons (Fsp3) is 0.130. The molecule has 3 aromatic rings. The fourth-order valence-corrected chi connectivity index (χ4v) is 3.53. The molecule has 0 fully saturated rings. The maximum Gasteiger partial charge on any atom is 0.387 e. The molecule has 0 radical (unpaired) electrons. The highest BCUT2D eigenvalue weighted by molar-refractivity contribution is 5.94. The molecule has 0 heterocycles. The standard InChI is InChI=1S/C23H18F2O/c24-23(25)26-22-12-6-3-9-18(22)15-21-19-10-4-1-7-16(19)13-14-17-8-2-5-11-20(17)21/h1-12,15,23H,13-14H2. The molecule has 3 aromatic carbocycles. The third-order valence-electron chi connectivity index (χ3n) is 4.71. The van der Waals surface area contributed by atoms with Crippen LogP contribution in [0.4, 0.5) is 8.78 Å². The summed E-state index contributed by atoms with van der Waals surface area (Å²) < 4.78 is 30.3. The second kappa shape index (κ2) is 7.12. The maximum absolute atomic E-state index is 12.8. The minimum atomic E-state index is -2.84. The van der Waals surface area contributed by atoms with Gasteiger partial charge in [-0.15, -0.1) is 0 Å². The van der Waals surface area contributed by atoms with Crippen LogP contribution < -0.4 is 4.74 Å². The van der Waals surface area contributed by atoms with Crippen LogP contribution in [0.5, 0.6) is 5.75 Å². The predicted molar refractivity (Wildman–Crippen MR) is 100 cm³/mol. The first-order valence-corrected chi connectivity index (χ1v) is 8.64. The van der Waals surface area contributed by atoms with E-state index in [2.05, 4.69) is 24.3 Å². The minimum absolute atomic E-state index is 0.189. The van der Waals surface area contributed by atoms with Crippen molar-refractivity contribution in [3.8, 4) is 5.75 Å². The normalized spacial score (nSPS) is 13.0. The van der Waals surface area contributed by atoms with Gasteiger partial charge in [0.1, 0.15) is 5.75 Å². The molecular formula is C23H18F2O. The molecule has 0 saturated heterocycles. The molecule has 1 nitrogen and oxygen atoms in total. The van der Waals surface area contributed by atoms with Gasteiger partial charge < -0.3 is 4.74 Å². The van der Waals surface area contributed by atoms with Crippen molar-refractivity contribution in [3.63, 3.8) is 0 Å². The van der Waals surface area contributed by atoms with Crippen molar-refractivity contribution < 1.29 is 13.5 Å². The molecule has 1 aliphatic rings. The number of hydrogen-bond donors (Lipinski definition) is 0. The lowest BCUT2D eigenvalue weighted by Crippen LogP contribution is -2.03. The summed E-state index contributed by atoms with van der Waals surface area (Å²) in [6.45, 7) is -2.84. The average Bonchev–Trinajstić information content (AvgIpc) is 2.81. The third kappa shape index (κ3) is 3.25. The van der Waals surface area contributed by atoms with Crippen LogP contribution >= 0.6 is 0 Å². The summed E-state index contributed by atoms with van der Waals surface area (Å²) in [4.78, 5) is 0. The van der Waals surface area contributed by atoms with E-state index in [9.17, 15) is 8.78 Å². The van der Waals surface area contributed by atoms with E-state index in [1.165, 1.54) is 11.1 Å². The third-order valence-corrected chi connectivity index (χ3v) is 4.71. The topological polar surface area (TPSA) is 9.23 Å². The maximum atomic E-state index is 12.8. The van der Waals surface area contributed by atoms with Crippen LogP contribution in [0, 0.1) is 0 Å². The quantitative estimate of drug-likeness (QED) is 0.566. The van der Waals surface area contributed by atoms with E-state index in [1.807, 2.05) is 36.4 Å². The summed E-state index contributed by atoms with van der Waals surface area (Å²) in [5, 5.41) is 0. The highest BCUT2D eigenvalue weighted by Crippen LogP contribution is 2.36. The number of aryl methyl sites for hydroxylation is 2. The molecule has 0 spiro atoms. The molecule has 4 rings (SSSR count). The number of para-hydroxylation sites is 1. The number of hydrogen-bond acceptors (Lipinski definition) is 1. The van der Waals surface area contributed by atoms with E-state index in [0.29, 0.717) is 5.56 Å². The lowest BCUT2D eigenvalue weighted by atomic mass is 9.92. The molecule has 26 heavy (non-hydrogen) atoms. The molecular weight excluding hydrogens is 330 g/mol. The van der Waals surface area contributed by atoms with Gasteiger partial charge in [-0.1, -0.05) is 66.7 Å². The molecule has 0 aromatic heterocycles. The smallest absolute Gasteiger partial charge is 0.387 e. The van der Waals surface area contributed by atoms with Crippen molar-refractivity contribution >= 4 is 11.6 Å². The Hall–Kier alpha value is -2.94. The molecule has 1 aliphatic carbocycles. The van der Waals surface area contributed by atoms with Crippen molar-refractivity contribution in [2.75, 3.05) is 0 Å². The van der Waals surface area contributed by atoms with Crippen molar-refractivity contribution in [2.45, 2.75) is 19.5 Å². The number of rotatable bonds is 3. The summed E-state index contributed by atoms with van der Waals surface area (Å²) in [5.74, 6) is 0.189. The van der Waals surface area contributed by atoms with Crippen molar-refractivity contribution in [1.29, 1.82) is 0 Å². The van der Waals surface area contributed by atoms with Gasteiger partial charge in [0.15, 0.2) is 0 Å². The molecule has 130 valence electrons. The van der Waals surface area contributed by atoms with Gasteiger partial charge in [0.05, 0.1) is 0 Å². The molecule has 0 unspecified atom stereocenters. The molecule has 0 amide bonds. The van der Waals surface area contributed by atoms with Gasteiger partial charge in [-0.3, -0.25) is 0 Å². The summed E-state index contributed by atoms with van der Waals surface area (Å²) in [6, 6.07) is 23.5. The van der Waals surface area contributed by atoms with Crippen LogP contribution in [0.3, 0.4) is 0 Å². The van der Waals surface area contributed by atoms with Crippen LogP contribution in [0.1, 0.15) is 27.8 Å². The van der Waals surface area contributed by atoms with Crippen LogP contribution in [0.2, 0.25) is 0 Å². The van der Waals surface area contributed by atoms with Gasteiger partial charge >= 0.3 is 6.61 Å². The first-order chi connectivity index (χ1) is 12.7. The molecule has 0 bridgehead atoms. The Morgan fingerprint density at radius 3 is 1.88 bits per heavy atom. The summed E-state index contributed by atoms with van der Waals surface area (Å²) in [5.41, 5.74) is 6.51. The number of benzene rings is 3. The van der Waals surface area contributed by atoms with Crippen LogP contribution in [0.15, 0.2) is 72.8 Å². The monoisotopic (exact) mass is 348 g/mol. The van der Waals surface area contributed by atoms with E-state index in [4.69, 9.17) is 4.74 Å². The Kier molecular flexibility index (Phi) is 4.53. The van der Waals surface area contributed by atoms with Gasteiger partial charge in [-0.2, -0.15) is 8.78 Å². The Morgan fingerprint density at radius 1 is 0.731 bits per heavy atom. The zero-order valence-corrected chi connectivity index (χ0v) is 14.2. The Morgan fingerprint density at radius 2 is 1.27 bits per heavy atom. The van der Waals surface area contributed by atoms with Gasteiger partial charge in [0.2, 0.25) is 0 Å². The Labute approximate surface area is 151 Å². The van der Waals surface area contributed by atoms with Gasteiger partial charge in [-0.05, 0) is 52.8 Å². The average molecular weight is 348 g/mol. The molecule has 0 aliphatic heterocycles. The number of fused-ring (bicyclic) bond motifs is 2. The predicted octanol–water partition coefficient (Wildman–Crippen LogP) is 5.98. The Bertz CT molecular complexity index is 910. The lowest BCUT2D eigenvalue weighted by molar-refractivity contribution is -0.0499. The summed E-state index contributed by atoms with van der Waals surface area (Å²) in [7, 11) is 0. The van der Waals surface area contributed by atoms with E-state index in [1.54, 1.807) is 18.2 Å². The van der Waals surface area contributed by atoms with Crippen LogP contribution in [-0.2, 0) is 12.8 Å². The Balaban J connectivity index is 1.92. The first-order valence-electron chi connectivity index (χ1n) is 8.64. The van der Waals surface area contributed by atoms with Crippen molar-refractivity contribution in [3.05, 3.63) is 101 Å². The first kappa shape index (κ1) is 16.5. The number of alkyl halides is 2. The number of ether oxygens (including phenoxy) is 1. The lowest BCUT2D eigenvalue weighted by Gasteiger charge is -2.14. The second-order valence-corrected chi connectivity index (χ2v) is 6.29. The van der Waals surface area contributed by atoms with E-state index in [-0.39, 0.29) is 5.75 Å². The molecule has 0 N–H and O–H groups in total. The van der Waals surface area contributed by atoms with E-state index >= 15 is 0 Å². The largest absolute Gasteiger partial charge is 0.434 e. The van der Waals surface area contributed by atoms with Crippen molar-refractivity contribution in [1.82, 2.24) is 0 Å². The van der Waals surface area contributed by atoms with Gasteiger partial charge in [0, 0.05) is 5.56 Å². The van der Waals surface area contributed by atoms with Crippen LogP contribution in [0.25, 0.3) is 11.6 Å². The SMILES string of the molecule is FC(F)Oc1ccccc1C=C1c2ccccc2CCc2ccccc21. The van der Waals surface area contributed by atoms with Crippen molar-refractivity contribution in [2.24, 2.45) is 0 Å². The zero-order chi connectivity index (χ0) is 17.9. The highest BCUT2D eigenvalue weighted by Gasteiger charge is 2.18. The van der Waals surface area contributed by atoms with Gasteiger partial charge in [0.25, 0.3) is 0 Å². The summed E-state index contributed by atoms with van der Waals surface area (Å²) >= 11 is 0. The zero-order valence-electron chi connectivity index (χ0n) is 14.2. The molecule has 3 heteroatoms. The second-order valence-electron chi connectivity index (χ2n) is 6.29. The number of halogens is 2. The summed E-state index contributed by atoms with van der Waals surface area (Å²) in [6.07, 6.45) is 3.88. The highest BCUT2D eigenvalue weighted by atomic mass is 19.3. The fourth-order valence-electron chi connectivity index (χ4n) is 3.53. The molecule has 0 saturated carbocycles. The van der Waals surface area contributed by atoms with Gasteiger partial charge in [-0.25, -0.2) is 0 Å². The van der Waals surface area contributed by atoms with E-state index < -0.39 is 6.61 Å². The van der Waals surface area contributed by atoms with Crippen LogP contribution in [-0.4, -0.2) is 6.61 Å². The molecule has 0 atom stereocenters. The van der Waals surface area contributed by atoms with E-state index in [0.717, 1.165) is 29.5 Å². The minimum Gasteiger partial charge on any atom is -0.434 e.